The van der Waals surface area contributed by atoms with Crippen LogP contribution in [0.25, 0.3) is 11.1 Å². The molecule has 1 fully saturated rings. The first-order valence-electron chi connectivity index (χ1n) is 12.1. The van der Waals surface area contributed by atoms with E-state index in [0.717, 1.165) is 18.4 Å². The highest BCUT2D eigenvalue weighted by molar-refractivity contribution is 7.89. The van der Waals surface area contributed by atoms with Crippen LogP contribution in [0.5, 0.6) is 11.6 Å². The smallest absolute Gasteiger partial charge is 0.471 e. The number of amides is 2. The van der Waals surface area contributed by atoms with Gasteiger partial charge in [-0.1, -0.05) is 12.1 Å². The molecule has 1 aromatic carbocycles. The molecular weight excluding hydrogens is 574 g/mol. The zero-order valence-electron chi connectivity index (χ0n) is 21.5. The maximum atomic E-state index is 15.1. The van der Waals surface area contributed by atoms with Crippen molar-refractivity contribution in [1.82, 2.24) is 19.7 Å². The number of sulfone groups is 1. The molecule has 2 N–H and O–H groups in total. The average molecular weight is 600 g/mol. The zero-order chi connectivity index (χ0) is 29.9. The third-order valence-electron chi connectivity index (χ3n) is 6.06. The Kier molecular flexibility index (Phi) is 8.51. The number of carbonyl (C=O) groups excluding carboxylic acids is 2. The van der Waals surface area contributed by atoms with Gasteiger partial charge >= 0.3 is 6.36 Å². The summed E-state index contributed by atoms with van der Waals surface area (Å²) in [7, 11) is -3.34. The molecular formula is C25H25F4N5O6S. The van der Waals surface area contributed by atoms with E-state index < -0.39 is 46.0 Å². The SMILES string of the molecule is CS(=O)(=O)Cn1cc(-c2cnc(O[C@@H]3CCN(C(=O)Cc4ccc(OC(F)(F)F)cc4)C[C@@H]3F)c(C(N)=O)c2)cn1. The minimum atomic E-state index is -4.83. The Hall–Kier alpha value is -4.21. The number of hydrogen-bond donors (Lipinski definition) is 1. The summed E-state index contributed by atoms with van der Waals surface area (Å²) in [5, 5.41) is 3.98. The first kappa shape index (κ1) is 29.8. The van der Waals surface area contributed by atoms with E-state index in [4.69, 9.17) is 10.5 Å². The molecule has 220 valence electrons. The highest BCUT2D eigenvalue weighted by Gasteiger charge is 2.34. The Bertz CT molecular complexity index is 1530. The number of primary amides is 1. The number of hydrogen-bond acceptors (Lipinski definition) is 8. The van der Waals surface area contributed by atoms with Gasteiger partial charge in [-0.25, -0.2) is 17.8 Å². The second-order valence-electron chi connectivity index (χ2n) is 9.43. The third kappa shape index (κ3) is 8.15. The van der Waals surface area contributed by atoms with Crippen molar-refractivity contribution in [3.8, 4) is 22.8 Å². The van der Waals surface area contributed by atoms with Gasteiger partial charge in [-0.3, -0.25) is 14.3 Å². The number of benzene rings is 1. The van der Waals surface area contributed by atoms with Crippen molar-refractivity contribution in [2.75, 3.05) is 19.3 Å². The van der Waals surface area contributed by atoms with Gasteiger partial charge in [0.05, 0.1) is 19.2 Å². The van der Waals surface area contributed by atoms with E-state index in [1.54, 1.807) is 0 Å². The average Bonchev–Trinajstić information content (AvgIpc) is 3.32. The number of nitrogens with two attached hydrogens (primary N) is 1. The first-order chi connectivity index (χ1) is 19.2. The van der Waals surface area contributed by atoms with Gasteiger partial charge in [0.2, 0.25) is 11.8 Å². The number of halogens is 4. The van der Waals surface area contributed by atoms with Crippen LogP contribution in [-0.4, -0.2) is 77.9 Å². The number of rotatable bonds is 9. The number of nitrogens with zero attached hydrogens (tertiary/aromatic N) is 4. The van der Waals surface area contributed by atoms with Crippen LogP contribution in [0, 0.1) is 0 Å². The Morgan fingerprint density at radius 3 is 2.46 bits per heavy atom. The van der Waals surface area contributed by atoms with Gasteiger partial charge in [-0.15, -0.1) is 13.2 Å². The van der Waals surface area contributed by atoms with Crippen molar-refractivity contribution in [3.05, 3.63) is 60.0 Å². The van der Waals surface area contributed by atoms with Crippen LogP contribution in [0.3, 0.4) is 0 Å². The topological polar surface area (TPSA) is 147 Å². The fraction of sp³-hybridized carbons (Fsp3) is 0.360. The Labute approximate surface area is 231 Å². The number of alkyl halides is 4. The molecule has 0 unspecified atom stereocenters. The molecule has 3 aromatic rings. The molecule has 1 aliphatic rings. The summed E-state index contributed by atoms with van der Waals surface area (Å²) in [6.45, 7) is -0.176. The van der Waals surface area contributed by atoms with Gasteiger partial charge in [-0.2, -0.15) is 5.10 Å². The molecule has 2 aromatic heterocycles. The van der Waals surface area contributed by atoms with Crippen molar-refractivity contribution < 1.29 is 45.0 Å². The lowest BCUT2D eigenvalue weighted by Crippen LogP contribution is -2.49. The second kappa shape index (κ2) is 11.7. The van der Waals surface area contributed by atoms with Crippen molar-refractivity contribution in [1.29, 1.82) is 0 Å². The van der Waals surface area contributed by atoms with Gasteiger partial charge < -0.3 is 20.1 Å². The standard InChI is InChI=1S/C25H25F4N5O6S/c1-41(37,38)14-34-12-17(11-32-34)16-9-19(23(30)36)24(31-10-16)39-21-6-7-33(13-20(21)26)22(35)8-15-2-4-18(5-3-15)40-25(27,28)29/h2-5,9-12,20-21H,6-8,13-14H2,1H3,(H2,30,36)/t20-,21+/m0/s1. The summed E-state index contributed by atoms with van der Waals surface area (Å²) >= 11 is 0. The Morgan fingerprint density at radius 1 is 1.15 bits per heavy atom. The van der Waals surface area contributed by atoms with Gasteiger partial charge in [-0.05, 0) is 23.8 Å². The van der Waals surface area contributed by atoms with E-state index >= 15 is 4.39 Å². The number of ether oxygens (including phenoxy) is 2. The van der Waals surface area contributed by atoms with Gasteiger partial charge in [0.1, 0.15) is 23.3 Å². The number of carbonyl (C=O) groups is 2. The molecule has 0 spiro atoms. The van der Waals surface area contributed by atoms with Crippen molar-refractivity contribution in [3.63, 3.8) is 0 Å². The highest BCUT2D eigenvalue weighted by atomic mass is 32.2. The quantitative estimate of drug-likeness (QED) is 0.369. The fourth-order valence-corrected chi connectivity index (χ4v) is 4.81. The molecule has 11 nitrogen and oxygen atoms in total. The van der Waals surface area contributed by atoms with E-state index in [2.05, 4.69) is 14.8 Å². The van der Waals surface area contributed by atoms with Crippen LogP contribution in [-0.2, 0) is 26.9 Å². The molecule has 1 aliphatic heterocycles. The zero-order valence-corrected chi connectivity index (χ0v) is 22.4. The number of pyridine rings is 1. The summed E-state index contributed by atoms with van der Waals surface area (Å²) in [4.78, 5) is 30.2. The molecule has 0 aliphatic carbocycles. The lowest BCUT2D eigenvalue weighted by molar-refractivity contribution is -0.274. The van der Waals surface area contributed by atoms with Crippen LogP contribution in [0.2, 0.25) is 0 Å². The maximum absolute atomic E-state index is 15.1. The normalized spacial score (nSPS) is 17.7. The largest absolute Gasteiger partial charge is 0.573 e. The van der Waals surface area contributed by atoms with Crippen LogP contribution in [0.4, 0.5) is 17.6 Å². The molecule has 2 atom stereocenters. The number of piperidine rings is 1. The minimum absolute atomic E-state index is 0.0746. The summed E-state index contributed by atoms with van der Waals surface area (Å²) in [5.41, 5.74) is 6.67. The summed E-state index contributed by atoms with van der Waals surface area (Å²) in [6.07, 6.45) is -2.32. The van der Waals surface area contributed by atoms with Crippen LogP contribution in [0.15, 0.2) is 48.9 Å². The van der Waals surface area contributed by atoms with Crippen molar-refractivity contribution in [2.24, 2.45) is 5.73 Å². The van der Waals surface area contributed by atoms with E-state index in [-0.39, 0.29) is 43.3 Å². The molecule has 0 bridgehead atoms. The van der Waals surface area contributed by atoms with Crippen LogP contribution >= 0.6 is 0 Å². The summed E-state index contributed by atoms with van der Waals surface area (Å²) in [5.74, 6) is -2.26. The van der Waals surface area contributed by atoms with Crippen LogP contribution in [0.1, 0.15) is 22.3 Å². The molecule has 16 heteroatoms. The molecule has 3 heterocycles. The third-order valence-corrected chi connectivity index (χ3v) is 6.79. The molecule has 0 saturated carbocycles. The Morgan fingerprint density at radius 2 is 1.85 bits per heavy atom. The summed E-state index contributed by atoms with van der Waals surface area (Å²) < 4.78 is 85.7. The molecule has 2 amide bonds. The highest BCUT2D eigenvalue weighted by Crippen LogP contribution is 2.28. The van der Waals surface area contributed by atoms with Crippen molar-refractivity contribution in [2.45, 2.75) is 37.4 Å². The van der Waals surface area contributed by atoms with E-state index in [9.17, 15) is 31.2 Å². The maximum Gasteiger partial charge on any atom is 0.573 e. The summed E-state index contributed by atoms with van der Waals surface area (Å²) in [6, 6.07) is 6.19. The molecule has 4 rings (SSSR count). The van der Waals surface area contributed by atoms with E-state index in [0.29, 0.717) is 16.7 Å². The number of likely N-dealkylation sites (tertiary alicyclic amines) is 1. The molecule has 1 saturated heterocycles. The van der Waals surface area contributed by atoms with Gasteiger partial charge in [0.15, 0.2) is 16.0 Å². The first-order valence-corrected chi connectivity index (χ1v) is 14.2. The van der Waals surface area contributed by atoms with Gasteiger partial charge in [0.25, 0.3) is 5.91 Å². The molecule has 0 radical (unpaired) electrons. The van der Waals surface area contributed by atoms with E-state index in [1.165, 1.54) is 46.4 Å². The minimum Gasteiger partial charge on any atom is -0.471 e. The predicted molar refractivity (Wildman–Crippen MR) is 136 cm³/mol. The lowest BCUT2D eigenvalue weighted by Gasteiger charge is -2.34. The predicted octanol–water partition coefficient (Wildman–Crippen LogP) is 2.51. The Balaban J connectivity index is 1.38. The number of aromatic nitrogens is 3. The monoisotopic (exact) mass is 599 g/mol. The van der Waals surface area contributed by atoms with Crippen molar-refractivity contribution >= 4 is 21.7 Å². The lowest BCUT2D eigenvalue weighted by atomic mass is 10.0. The fourth-order valence-electron chi connectivity index (χ4n) is 4.19. The van der Waals surface area contributed by atoms with Gasteiger partial charge in [0, 0.05) is 42.7 Å². The van der Waals surface area contributed by atoms with E-state index in [1.807, 2.05) is 0 Å². The molecule has 41 heavy (non-hydrogen) atoms. The van der Waals surface area contributed by atoms with Crippen LogP contribution < -0.4 is 15.2 Å². The second-order valence-corrected chi connectivity index (χ2v) is 11.5.